The van der Waals surface area contributed by atoms with E-state index in [1.807, 2.05) is 0 Å². The second-order valence-electron chi connectivity index (χ2n) is 3.82. The molecule has 0 fully saturated rings. The highest BCUT2D eigenvalue weighted by Crippen LogP contribution is 2.30. The van der Waals surface area contributed by atoms with Gasteiger partial charge in [-0.25, -0.2) is 13.4 Å². The molecule has 0 radical (unpaired) electrons. The van der Waals surface area contributed by atoms with Gasteiger partial charge in [0, 0.05) is 10.9 Å². The van der Waals surface area contributed by atoms with Crippen molar-refractivity contribution in [2.45, 2.75) is 6.92 Å². The Balaban J connectivity index is 2.28. The number of phenols is 1. The molecule has 2 aromatic rings. The summed E-state index contributed by atoms with van der Waals surface area (Å²) in [6.07, 6.45) is 0. The van der Waals surface area contributed by atoms with Crippen LogP contribution in [0.3, 0.4) is 0 Å². The van der Waals surface area contributed by atoms with Crippen molar-refractivity contribution in [3.05, 3.63) is 23.6 Å². The van der Waals surface area contributed by atoms with Crippen molar-refractivity contribution in [3.63, 3.8) is 0 Å². The summed E-state index contributed by atoms with van der Waals surface area (Å²) < 4.78 is 25.2. The minimum Gasteiger partial charge on any atom is -0.506 e. The first-order valence-electron chi connectivity index (χ1n) is 5.46. The summed E-state index contributed by atoms with van der Waals surface area (Å²) in [5.74, 6) is -0.000429. The summed E-state index contributed by atoms with van der Waals surface area (Å²) in [5, 5.41) is 11.4. The van der Waals surface area contributed by atoms with Gasteiger partial charge in [-0.05, 0) is 25.1 Å². The Bertz CT molecular complexity index is 695. The van der Waals surface area contributed by atoms with Crippen LogP contribution < -0.4 is 10.5 Å². The molecule has 0 atom stereocenters. The van der Waals surface area contributed by atoms with E-state index in [9.17, 15) is 13.5 Å². The molecule has 0 amide bonds. The van der Waals surface area contributed by atoms with Crippen LogP contribution in [-0.4, -0.2) is 24.3 Å². The summed E-state index contributed by atoms with van der Waals surface area (Å²) in [4.78, 5) is 4.18. The monoisotopic (exact) mass is 299 g/mol. The maximum Gasteiger partial charge on any atom is 0.234 e. The van der Waals surface area contributed by atoms with E-state index in [1.165, 1.54) is 17.4 Å². The van der Waals surface area contributed by atoms with E-state index in [-0.39, 0.29) is 17.2 Å². The molecule has 0 spiro atoms. The Morgan fingerprint density at radius 2 is 2.21 bits per heavy atom. The Kier molecular flexibility index (Phi) is 3.63. The molecule has 19 heavy (non-hydrogen) atoms. The number of sulfonamides is 1. The van der Waals surface area contributed by atoms with Crippen LogP contribution in [-0.2, 0) is 10.0 Å². The highest BCUT2D eigenvalue weighted by Gasteiger charge is 2.11. The number of phenolic OH excluding ortho intramolecular Hbond substituents is 1. The van der Waals surface area contributed by atoms with Crippen LogP contribution in [0.5, 0.6) is 5.75 Å². The summed E-state index contributed by atoms with van der Waals surface area (Å²) in [7, 11) is -3.32. The zero-order valence-corrected chi connectivity index (χ0v) is 11.8. The van der Waals surface area contributed by atoms with Gasteiger partial charge in [-0.15, -0.1) is 11.3 Å². The van der Waals surface area contributed by atoms with Gasteiger partial charge in [-0.2, -0.15) is 0 Å². The molecular formula is C11H13N3O3S2. The van der Waals surface area contributed by atoms with Gasteiger partial charge in [-0.3, -0.25) is 4.72 Å². The SMILES string of the molecule is CCS(=O)(=O)Nc1nc(-c2ccc(O)c(N)c2)cs1. The molecule has 1 aromatic heterocycles. The van der Waals surface area contributed by atoms with Crippen LogP contribution in [0.15, 0.2) is 23.6 Å². The zero-order chi connectivity index (χ0) is 14.0. The number of nitrogens with two attached hydrogens (primary N) is 1. The topological polar surface area (TPSA) is 105 Å². The van der Waals surface area contributed by atoms with Crippen LogP contribution >= 0.6 is 11.3 Å². The first-order valence-corrected chi connectivity index (χ1v) is 7.99. The van der Waals surface area contributed by atoms with Crippen molar-refractivity contribution in [1.29, 1.82) is 0 Å². The summed E-state index contributed by atoms with van der Waals surface area (Å²) >= 11 is 1.19. The first kappa shape index (κ1) is 13.6. The molecule has 0 saturated heterocycles. The standard InChI is InChI=1S/C11H13N3O3S2/c1-2-19(16,17)14-11-13-9(6-18-11)7-3-4-10(15)8(12)5-7/h3-6,15H,2,12H2,1H3,(H,13,14). The minimum absolute atomic E-state index is 0.00545. The lowest BCUT2D eigenvalue weighted by Crippen LogP contribution is -2.14. The number of aromatic hydroxyl groups is 1. The Labute approximate surface area is 115 Å². The summed E-state index contributed by atoms with van der Waals surface area (Å²) in [6.45, 7) is 1.55. The smallest absolute Gasteiger partial charge is 0.234 e. The lowest BCUT2D eigenvalue weighted by Gasteiger charge is -2.02. The van der Waals surface area contributed by atoms with E-state index in [4.69, 9.17) is 5.73 Å². The third-order valence-electron chi connectivity index (χ3n) is 2.45. The van der Waals surface area contributed by atoms with E-state index in [2.05, 4.69) is 9.71 Å². The molecule has 0 bridgehead atoms. The number of hydrogen-bond donors (Lipinski definition) is 3. The van der Waals surface area contributed by atoms with Crippen LogP contribution in [0.2, 0.25) is 0 Å². The zero-order valence-electron chi connectivity index (χ0n) is 10.1. The van der Waals surface area contributed by atoms with Gasteiger partial charge in [-0.1, -0.05) is 0 Å². The lowest BCUT2D eigenvalue weighted by atomic mass is 10.1. The fourth-order valence-corrected chi connectivity index (χ4v) is 2.96. The molecule has 4 N–H and O–H groups in total. The van der Waals surface area contributed by atoms with Crippen molar-refractivity contribution < 1.29 is 13.5 Å². The van der Waals surface area contributed by atoms with Crippen LogP contribution in [0.4, 0.5) is 10.8 Å². The fourth-order valence-electron chi connectivity index (χ4n) is 1.37. The summed E-state index contributed by atoms with van der Waals surface area (Å²) in [6, 6.07) is 4.72. The maximum atomic E-state index is 11.4. The highest BCUT2D eigenvalue weighted by molar-refractivity contribution is 7.92. The second-order valence-corrected chi connectivity index (χ2v) is 6.69. The largest absolute Gasteiger partial charge is 0.506 e. The van der Waals surface area contributed by atoms with Gasteiger partial charge in [0.2, 0.25) is 10.0 Å². The number of rotatable bonds is 4. The lowest BCUT2D eigenvalue weighted by molar-refractivity contribution is 0.478. The molecule has 6 nitrogen and oxygen atoms in total. The molecule has 0 unspecified atom stereocenters. The molecule has 102 valence electrons. The van der Waals surface area contributed by atoms with Gasteiger partial charge in [0.25, 0.3) is 0 Å². The maximum absolute atomic E-state index is 11.4. The Hall–Kier alpha value is -1.80. The number of anilines is 2. The third-order valence-corrected chi connectivity index (χ3v) is 4.60. The number of nitrogen functional groups attached to an aromatic ring is 1. The molecular weight excluding hydrogens is 286 g/mol. The van der Waals surface area contributed by atoms with Gasteiger partial charge < -0.3 is 10.8 Å². The van der Waals surface area contributed by atoms with Crippen LogP contribution in [0.25, 0.3) is 11.3 Å². The number of nitrogens with zero attached hydrogens (tertiary/aromatic N) is 1. The van der Waals surface area contributed by atoms with Crippen molar-refractivity contribution in [2.24, 2.45) is 0 Å². The van der Waals surface area contributed by atoms with E-state index in [0.717, 1.165) is 0 Å². The van der Waals surface area contributed by atoms with Crippen molar-refractivity contribution in [3.8, 4) is 17.0 Å². The summed E-state index contributed by atoms with van der Waals surface area (Å²) in [5.41, 5.74) is 7.17. The van der Waals surface area contributed by atoms with Gasteiger partial charge >= 0.3 is 0 Å². The molecule has 8 heteroatoms. The predicted molar refractivity (Wildman–Crippen MR) is 76.7 cm³/mol. The molecule has 1 heterocycles. The van der Waals surface area contributed by atoms with E-state index < -0.39 is 10.0 Å². The number of aromatic nitrogens is 1. The second kappa shape index (κ2) is 5.06. The van der Waals surface area contributed by atoms with E-state index >= 15 is 0 Å². The fraction of sp³-hybridized carbons (Fsp3) is 0.182. The molecule has 2 rings (SSSR count). The minimum atomic E-state index is -3.32. The molecule has 1 aromatic carbocycles. The molecule has 0 aliphatic rings. The Morgan fingerprint density at radius 1 is 1.47 bits per heavy atom. The predicted octanol–water partition coefficient (Wildman–Crippen LogP) is 1.86. The molecule has 0 saturated carbocycles. The quantitative estimate of drug-likeness (QED) is 0.590. The van der Waals surface area contributed by atoms with Crippen molar-refractivity contribution in [2.75, 3.05) is 16.2 Å². The molecule has 0 aliphatic heterocycles. The number of hydrogen-bond acceptors (Lipinski definition) is 6. The normalized spacial score (nSPS) is 11.4. The molecule has 0 aliphatic carbocycles. The van der Waals surface area contributed by atoms with Crippen molar-refractivity contribution >= 4 is 32.2 Å². The van der Waals surface area contributed by atoms with E-state index in [1.54, 1.807) is 24.4 Å². The van der Waals surface area contributed by atoms with Gasteiger partial charge in [0.15, 0.2) is 5.13 Å². The third kappa shape index (κ3) is 3.15. The number of benzene rings is 1. The van der Waals surface area contributed by atoms with Crippen LogP contribution in [0, 0.1) is 0 Å². The van der Waals surface area contributed by atoms with Crippen molar-refractivity contribution in [1.82, 2.24) is 4.98 Å². The van der Waals surface area contributed by atoms with Gasteiger partial charge in [0.1, 0.15) is 5.75 Å². The average molecular weight is 299 g/mol. The number of nitrogens with one attached hydrogen (secondary N) is 1. The first-order chi connectivity index (χ1) is 8.91. The number of thiazole rings is 1. The van der Waals surface area contributed by atoms with Crippen LogP contribution in [0.1, 0.15) is 6.92 Å². The van der Waals surface area contributed by atoms with Gasteiger partial charge in [0.05, 0.1) is 17.1 Å². The Morgan fingerprint density at radius 3 is 2.84 bits per heavy atom. The highest BCUT2D eigenvalue weighted by atomic mass is 32.2. The average Bonchev–Trinajstić information content (AvgIpc) is 2.80. The van der Waals surface area contributed by atoms with E-state index in [0.29, 0.717) is 16.4 Å².